The normalized spacial score (nSPS) is 17.1. The number of anilines is 4. The van der Waals surface area contributed by atoms with Crippen LogP contribution in [0.2, 0.25) is 0 Å². The standard InChI is InChI=1S/C25H37N7/c1-3-30(4-2)22-13-11-21(12-14-22)20-26-29-23-19-24(31-15-7-5-8-16-31)28-25(27-23)32-17-9-6-10-18-32/h11-14,19-20H,3-10,15-18H2,1-2H3,(H,27,28,29)/b26-20-. The Balaban J connectivity index is 1.49. The fraction of sp³-hybridized carbons (Fsp3) is 0.560. The minimum atomic E-state index is 0.761. The molecule has 172 valence electrons. The lowest BCUT2D eigenvalue weighted by atomic mass is 10.1. The quantitative estimate of drug-likeness (QED) is 0.477. The van der Waals surface area contributed by atoms with Crippen molar-refractivity contribution in [3.05, 3.63) is 35.9 Å². The summed E-state index contributed by atoms with van der Waals surface area (Å²) in [6.45, 7) is 10.6. The van der Waals surface area contributed by atoms with Gasteiger partial charge < -0.3 is 14.7 Å². The molecule has 7 heteroatoms. The lowest BCUT2D eigenvalue weighted by Gasteiger charge is -2.31. The van der Waals surface area contributed by atoms with Gasteiger partial charge in [0.25, 0.3) is 0 Å². The third-order valence-corrected chi connectivity index (χ3v) is 6.43. The molecule has 1 aromatic heterocycles. The van der Waals surface area contributed by atoms with Crippen molar-refractivity contribution in [3.63, 3.8) is 0 Å². The highest BCUT2D eigenvalue weighted by Crippen LogP contribution is 2.25. The molecule has 1 N–H and O–H groups in total. The van der Waals surface area contributed by atoms with Crippen molar-refractivity contribution in [2.24, 2.45) is 5.10 Å². The molecule has 0 saturated carbocycles. The average molecular weight is 436 g/mol. The van der Waals surface area contributed by atoms with Gasteiger partial charge in [0.2, 0.25) is 5.95 Å². The first kappa shape index (κ1) is 22.4. The van der Waals surface area contributed by atoms with Gasteiger partial charge in [-0.05, 0) is 70.1 Å². The number of hydrazone groups is 1. The summed E-state index contributed by atoms with van der Waals surface area (Å²) in [6, 6.07) is 10.6. The Kier molecular flexibility index (Phi) is 7.80. The SMILES string of the molecule is CCN(CC)c1ccc(/C=N\Nc2cc(N3CCCCC3)nc(N3CCCCC3)n2)cc1. The molecule has 1 aromatic carbocycles. The predicted molar refractivity (Wildman–Crippen MR) is 135 cm³/mol. The van der Waals surface area contributed by atoms with Crippen molar-refractivity contribution in [1.29, 1.82) is 0 Å². The summed E-state index contributed by atoms with van der Waals surface area (Å²) in [4.78, 5) is 16.8. The number of benzene rings is 1. The zero-order valence-electron chi connectivity index (χ0n) is 19.6. The molecule has 0 unspecified atom stereocenters. The maximum atomic E-state index is 4.93. The maximum Gasteiger partial charge on any atom is 0.229 e. The molecule has 3 heterocycles. The molecule has 2 saturated heterocycles. The highest BCUT2D eigenvalue weighted by atomic mass is 15.4. The van der Waals surface area contributed by atoms with Crippen molar-refractivity contribution in [2.45, 2.75) is 52.4 Å². The van der Waals surface area contributed by atoms with Crippen LogP contribution in [-0.2, 0) is 0 Å². The number of aromatic nitrogens is 2. The molecule has 2 aromatic rings. The molecule has 0 radical (unpaired) electrons. The molecule has 2 aliphatic heterocycles. The highest BCUT2D eigenvalue weighted by Gasteiger charge is 2.19. The average Bonchev–Trinajstić information content (AvgIpc) is 2.86. The third-order valence-electron chi connectivity index (χ3n) is 6.43. The van der Waals surface area contributed by atoms with Crippen molar-refractivity contribution >= 4 is 29.5 Å². The Morgan fingerprint density at radius 3 is 2.12 bits per heavy atom. The van der Waals surface area contributed by atoms with E-state index in [2.05, 4.69) is 63.3 Å². The van der Waals surface area contributed by atoms with Crippen LogP contribution in [-0.4, -0.2) is 55.5 Å². The molecule has 2 fully saturated rings. The number of hydrogen-bond donors (Lipinski definition) is 1. The monoisotopic (exact) mass is 435 g/mol. The maximum absolute atomic E-state index is 4.93. The van der Waals surface area contributed by atoms with E-state index in [0.717, 1.165) is 62.4 Å². The van der Waals surface area contributed by atoms with Crippen molar-refractivity contribution in [3.8, 4) is 0 Å². The fourth-order valence-corrected chi connectivity index (χ4v) is 4.53. The first-order chi connectivity index (χ1) is 15.8. The van der Waals surface area contributed by atoms with Gasteiger partial charge in [-0.2, -0.15) is 15.1 Å². The van der Waals surface area contributed by atoms with E-state index in [0.29, 0.717) is 0 Å². The minimum absolute atomic E-state index is 0.761. The molecular weight excluding hydrogens is 398 g/mol. The molecule has 0 spiro atoms. The smallest absolute Gasteiger partial charge is 0.229 e. The van der Waals surface area contributed by atoms with Crippen LogP contribution < -0.4 is 20.1 Å². The summed E-state index contributed by atoms with van der Waals surface area (Å²) in [5.74, 6) is 2.60. The van der Waals surface area contributed by atoms with Crippen molar-refractivity contribution in [1.82, 2.24) is 9.97 Å². The van der Waals surface area contributed by atoms with E-state index in [9.17, 15) is 0 Å². The molecule has 7 nitrogen and oxygen atoms in total. The molecule has 32 heavy (non-hydrogen) atoms. The van der Waals surface area contributed by atoms with Gasteiger partial charge in [-0.15, -0.1) is 0 Å². The molecule has 2 aliphatic rings. The van der Waals surface area contributed by atoms with Crippen LogP contribution >= 0.6 is 0 Å². The Hall–Kier alpha value is -2.83. The summed E-state index contributed by atoms with van der Waals surface area (Å²) >= 11 is 0. The van der Waals surface area contributed by atoms with E-state index in [-0.39, 0.29) is 0 Å². The van der Waals surface area contributed by atoms with Crippen LogP contribution in [0, 0.1) is 0 Å². The van der Waals surface area contributed by atoms with Gasteiger partial charge in [-0.25, -0.2) is 0 Å². The van der Waals surface area contributed by atoms with Gasteiger partial charge in [0.1, 0.15) is 5.82 Å². The van der Waals surface area contributed by atoms with Gasteiger partial charge in [0.05, 0.1) is 6.21 Å². The lowest BCUT2D eigenvalue weighted by molar-refractivity contribution is 0.561. The predicted octanol–water partition coefficient (Wildman–Crippen LogP) is 4.75. The number of hydrogen-bond acceptors (Lipinski definition) is 7. The van der Waals surface area contributed by atoms with Crippen LogP contribution in [0.3, 0.4) is 0 Å². The van der Waals surface area contributed by atoms with E-state index >= 15 is 0 Å². The van der Waals surface area contributed by atoms with Crippen molar-refractivity contribution < 1.29 is 0 Å². The fourth-order valence-electron chi connectivity index (χ4n) is 4.53. The molecular formula is C25H37N7. The first-order valence-corrected chi connectivity index (χ1v) is 12.3. The van der Waals surface area contributed by atoms with Crippen LogP contribution in [0.25, 0.3) is 0 Å². The van der Waals surface area contributed by atoms with E-state index in [1.54, 1.807) is 0 Å². The second kappa shape index (κ2) is 11.2. The highest BCUT2D eigenvalue weighted by molar-refractivity contribution is 5.81. The second-order valence-corrected chi connectivity index (χ2v) is 8.64. The third kappa shape index (κ3) is 5.69. The zero-order chi connectivity index (χ0) is 22.2. The molecule has 0 amide bonds. The van der Waals surface area contributed by atoms with Gasteiger partial charge in [-0.1, -0.05) is 12.1 Å². The van der Waals surface area contributed by atoms with Crippen LogP contribution in [0.15, 0.2) is 35.4 Å². The molecule has 0 bridgehead atoms. The lowest BCUT2D eigenvalue weighted by Crippen LogP contribution is -2.33. The summed E-state index contributed by atoms with van der Waals surface area (Å²) in [7, 11) is 0. The molecule has 4 rings (SSSR count). The van der Waals surface area contributed by atoms with Gasteiger partial charge in [-0.3, -0.25) is 5.43 Å². The van der Waals surface area contributed by atoms with E-state index < -0.39 is 0 Å². The summed E-state index contributed by atoms with van der Waals surface area (Å²) < 4.78 is 0. The summed E-state index contributed by atoms with van der Waals surface area (Å²) in [6.07, 6.45) is 9.34. The Labute approximate surface area is 192 Å². The van der Waals surface area contributed by atoms with Crippen LogP contribution in [0.4, 0.5) is 23.3 Å². The van der Waals surface area contributed by atoms with Gasteiger partial charge >= 0.3 is 0 Å². The van der Waals surface area contributed by atoms with E-state index in [4.69, 9.17) is 9.97 Å². The molecule has 0 aliphatic carbocycles. The van der Waals surface area contributed by atoms with Gasteiger partial charge in [0.15, 0.2) is 5.82 Å². The zero-order valence-corrected chi connectivity index (χ0v) is 19.6. The first-order valence-electron chi connectivity index (χ1n) is 12.3. The Bertz CT molecular complexity index is 828. The molecule has 0 atom stereocenters. The van der Waals surface area contributed by atoms with E-state index in [1.807, 2.05) is 12.3 Å². The Morgan fingerprint density at radius 2 is 1.50 bits per heavy atom. The summed E-state index contributed by atoms with van der Waals surface area (Å²) in [5.41, 5.74) is 5.47. The van der Waals surface area contributed by atoms with Crippen molar-refractivity contribution in [2.75, 3.05) is 59.4 Å². The number of rotatable bonds is 8. The second-order valence-electron chi connectivity index (χ2n) is 8.64. The van der Waals surface area contributed by atoms with E-state index in [1.165, 1.54) is 44.2 Å². The number of nitrogens with zero attached hydrogens (tertiary/aromatic N) is 6. The Morgan fingerprint density at radius 1 is 0.875 bits per heavy atom. The van der Waals surface area contributed by atoms with Crippen LogP contribution in [0.5, 0.6) is 0 Å². The summed E-state index contributed by atoms with van der Waals surface area (Å²) in [5, 5.41) is 4.48. The number of piperidine rings is 2. The minimum Gasteiger partial charge on any atom is -0.372 e. The van der Waals surface area contributed by atoms with Gasteiger partial charge in [0, 0.05) is 51.0 Å². The number of nitrogens with one attached hydrogen (secondary N) is 1. The van der Waals surface area contributed by atoms with Crippen LogP contribution in [0.1, 0.15) is 57.9 Å². The topological polar surface area (TPSA) is 59.9 Å². The largest absolute Gasteiger partial charge is 0.372 e.